The largest absolute Gasteiger partial charge is 0.494 e. The highest BCUT2D eigenvalue weighted by molar-refractivity contribution is 8.03. The molecule has 1 saturated heterocycles. The van der Waals surface area contributed by atoms with Gasteiger partial charge in [-0.1, -0.05) is 30.0 Å². The van der Waals surface area contributed by atoms with Crippen molar-refractivity contribution in [3.8, 4) is 11.8 Å². The van der Waals surface area contributed by atoms with Gasteiger partial charge in [-0.05, 0) is 82.1 Å². The summed E-state index contributed by atoms with van der Waals surface area (Å²) >= 11 is 1.29. The molecule has 2 aromatic rings. The molecule has 2 aliphatic heterocycles. The molecule has 0 saturated carbocycles. The minimum Gasteiger partial charge on any atom is -0.494 e. The van der Waals surface area contributed by atoms with E-state index >= 15 is 0 Å². The van der Waals surface area contributed by atoms with Crippen LogP contribution in [0.4, 0.5) is 11.4 Å². The molecule has 1 fully saturated rings. The molecule has 8 nitrogen and oxygen atoms in total. The van der Waals surface area contributed by atoms with Crippen molar-refractivity contribution in [2.24, 2.45) is 11.8 Å². The number of hydrogen-bond acceptors (Lipinski definition) is 7. The van der Waals surface area contributed by atoms with Crippen LogP contribution in [0, 0.1) is 23.2 Å². The molecule has 2 heterocycles. The molecular formula is C29H33N5O3S. The Hall–Kier alpha value is -3.74. The van der Waals surface area contributed by atoms with Crippen LogP contribution in [-0.4, -0.2) is 37.3 Å². The number of carbonyl (C=O) groups excluding carboxylic acids is 2. The molecular weight excluding hydrogens is 498 g/mol. The number of nitriles is 1. The van der Waals surface area contributed by atoms with Gasteiger partial charge in [-0.25, -0.2) is 0 Å². The van der Waals surface area contributed by atoms with Crippen molar-refractivity contribution < 1.29 is 14.3 Å². The molecule has 2 aliphatic rings. The van der Waals surface area contributed by atoms with E-state index in [4.69, 9.17) is 4.74 Å². The minimum atomic E-state index is -0.344. The van der Waals surface area contributed by atoms with Crippen LogP contribution in [0.3, 0.4) is 0 Å². The number of benzene rings is 2. The Morgan fingerprint density at radius 2 is 1.74 bits per heavy atom. The summed E-state index contributed by atoms with van der Waals surface area (Å²) in [5.74, 6) is 0.275. The molecule has 38 heavy (non-hydrogen) atoms. The number of piperidine rings is 1. The Kier molecular flexibility index (Phi) is 9.46. The fraction of sp³-hybridized carbons (Fsp3) is 0.345. The number of thioether (sulfide) groups is 1. The molecule has 1 atom stereocenters. The van der Waals surface area contributed by atoms with Crippen molar-refractivity contribution >= 4 is 35.0 Å². The average molecular weight is 532 g/mol. The van der Waals surface area contributed by atoms with Crippen molar-refractivity contribution in [2.45, 2.75) is 26.7 Å². The van der Waals surface area contributed by atoms with E-state index in [0.717, 1.165) is 31.7 Å². The van der Waals surface area contributed by atoms with Gasteiger partial charge in [0.2, 0.25) is 5.91 Å². The number of amides is 2. The van der Waals surface area contributed by atoms with E-state index in [-0.39, 0.29) is 29.4 Å². The molecule has 0 aromatic heterocycles. The third kappa shape index (κ3) is 6.77. The van der Waals surface area contributed by atoms with Crippen LogP contribution in [0.2, 0.25) is 0 Å². The number of nitrogens with zero attached hydrogens (tertiary/aromatic N) is 1. The first-order chi connectivity index (χ1) is 18.5. The Balaban J connectivity index is 1.52. The average Bonchev–Trinajstić information content (AvgIpc) is 2.93. The minimum absolute atomic E-state index is 0.124. The maximum atomic E-state index is 13.5. The van der Waals surface area contributed by atoms with Gasteiger partial charge in [0.15, 0.2) is 0 Å². The number of hydrogen-bond donors (Lipinski definition) is 4. The number of para-hydroxylation sites is 1. The maximum absolute atomic E-state index is 13.5. The molecule has 198 valence electrons. The first-order valence-electron chi connectivity index (χ1n) is 12.8. The number of ether oxygens (including phenoxy) is 1. The van der Waals surface area contributed by atoms with Crippen LogP contribution in [0.15, 0.2) is 76.5 Å². The number of carbonyl (C=O) groups is 2. The quantitative estimate of drug-likeness (QED) is 0.373. The van der Waals surface area contributed by atoms with Gasteiger partial charge in [-0.15, -0.1) is 0 Å². The zero-order valence-electron chi connectivity index (χ0n) is 21.7. The highest BCUT2D eigenvalue weighted by atomic mass is 32.2. The molecule has 0 spiro atoms. The van der Waals surface area contributed by atoms with Crippen LogP contribution in [0.5, 0.6) is 5.75 Å². The molecule has 0 bridgehead atoms. The highest BCUT2D eigenvalue weighted by Gasteiger charge is 2.39. The summed E-state index contributed by atoms with van der Waals surface area (Å²) in [5, 5.41) is 23.4. The van der Waals surface area contributed by atoms with Crippen LogP contribution in [0.25, 0.3) is 0 Å². The monoisotopic (exact) mass is 531 g/mol. The number of rotatable bonds is 9. The van der Waals surface area contributed by atoms with E-state index in [1.54, 1.807) is 12.1 Å². The second kappa shape index (κ2) is 13.2. The van der Waals surface area contributed by atoms with Crippen molar-refractivity contribution in [3.05, 3.63) is 76.5 Å². The standard InChI is InChI=1S/C29H33N5O3S/c1-3-37-23-11-9-22(10-12-23)33-25(35)18-38-29-24(17-30)27(20-13-15-31-16-14-20)26(19(2)32-29)28(36)34-21-7-5-4-6-8-21/h4-12,20,27,31-32H,3,13-16,18H2,1-2H3,(H,33,35)(H,34,36). The van der Waals surface area contributed by atoms with Crippen molar-refractivity contribution in [3.63, 3.8) is 0 Å². The van der Waals surface area contributed by atoms with Crippen molar-refractivity contribution in [2.75, 3.05) is 36.1 Å². The van der Waals surface area contributed by atoms with Crippen molar-refractivity contribution in [1.82, 2.24) is 10.6 Å². The summed E-state index contributed by atoms with van der Waals surface area (Å²) in [6, 6.07) is 18.9. The first kappa shape index (κ1) is 27.3. The smallest absolute Gasteiger partial charge is 0.253 e. The normalized spacial score (nSPS) is 17.9. The van der Waals surface area contributed by atoms with Gasteiger partial charge >= 0.3 is 0 Å². The van der Waals surface area contributed by atoms with Gasteiger partial charge < -0.3 is 26.0 Å². The topological polar surface area (TPSA) is 115 Å². The fourth-order valence-electron chi connectivity index (χ4n) is 4.87. The molecule has 0 radical (unpaired) electrons. The lowest BCUT2D eigenvalue weighted by Crippen LogP contribution is -2.39. The SMILES string of the molecule is CCOc1ccc(NC(=O)CSC2=C(C#N)C(C3CCNCC3)C(C(=O)Nc3ccccc3)=C(C)N2)cc1. The highest BCUT2D eigenvalue weighted by Crippen LogP contribution is 2.41. The van der Waals surface area contributed by atoms with E-state index in [2.05, 4.69) is 27.3 Å². The van der Waals surface area contributed by atoms with E-state index in [0.29, 0.717) is 39.9 Å². The van der Waals surface area contributed by atoms with Crippen molar-refractivity contribution in [1.29, 1.82) is 5.26 Å². The lowest BCUT2D eigenvalue weighted by atomic mass is 9.74. The van der Waals surface area contributed by atoms with Gasteiger partial charge in [0.05, 0.1) is 29.0 Å². The molecule has 0 aliphatic carbocycles. The zero-order chi connectivity index (χ0) is 26.9. The van der Waals surface area contributed by atoms with Crippen LogP contribution in [0.1, 0.15) is 26.7 Å². The Morgan fingerprint density at radius 3 is 2.39 bits per heavy atom. The lowest BCUT2D eigenvalue weighted by molar-refractivity contribution is -0.114. The Bertz CT molecular complexity index is 1250. The van der Waals surface area contributed by atoms with Crippen LogP contribution in [-0.2, 0) is 9.59 Å². The predicted molar refractivity (Wildman–Crippen MR) is 151 cm³/mol. The molecule has 2 amide bonds. The molecule has 4 N–H and O–H groups in total. The number of nitrogens with one attached hydrogen (secondary N) is 4. The predicted octanol–water partition coefficient (Wildman–Crippen LogP) is 4.62. The number of allylic oxidation sites excluding steroid dienone is 2. The van der Waals surface area contributed by atoms with E-state index < -0.39 is 0 Å². The summed E-state index contributed by atoms with van der Waals surface area (Å²) in [6.07, 6.45) is 1.73. The maximum Gasteiger partial charge on any atom is 0.253 e. The second-order valence-corrected chi connectivity index (χ2v) is 10.2. The summed E-state index contributed by atoms with van der Waals surface area (Å²) in [7, 11) is 0. The van der Waals surface area contributed by atoms with E-state index in [9.17, 15) is 14.9 Å². The second-order valence-electron chi connectivity index (χ2n) is 9.20. The van der Waals surface area contributed by atoms with E-state index in [1.165, 1.54) is 11.8 Å². The van der Waals surface area contributed by atoms with Crippen LogP contribution >= 0.6 is 11.8 Å². The Labute approximate surface area is 227 Å². The fourth-order valence-corrected chi connectivity index (χ4v) is 5.78. The third-order valence-corrected chi connectivity index (χ3v) is 7.64. The van der Waals surface area contributed by atoms with Crippen LogP contribution < -0.4 is 26.0 Å². The number of dihydropyridines is 1. The summed E-state index contributed by atoms with van der Waals surface area (Å²) in [4.78, 5) is 26.2. The van der Waals surface area contributed by atoms with Gasteiger partial charge in [0.25, 0.3) is 5.91 Å². The summed E-state index contributed by atoms with van der Waals surface area (Å²) in [5.41, 5.74) is 3.18. The van der Waals surface area contributed by atoms with Gasteiger partial charge in [-0.2, -0.15) is 5.26 Å². The molecule has 4 rings (SSSR count). The van der Waals surface area contributed by atoms with Gasteiger partial charge in [-0.3, -0.25) is 9.59 Å². The lowest BCUT2D eigenvalue weighted by Gasteiger charge is -2.36. The van der Waals surface area contributed by atoms with E-state index in [1.807, 2.05) is 56.3 Å². The number of anilines is 2. The first-order valence-corrected chi connectivity index (χ1v) is 13.8. The Morgan fingerprint density at radius 1 is 1.05 bits per heavy atom. The third-order valence-electron chi connectivity index (χ3n) is 6.62. The zero-order valence-corrected chi connectivity index (χ0v) is 22.5. The molecule has 1 unspecified atom stereocenters. The molecule has 2 aromatic carbocycles. The van der Waals surface area contributed by atoms with Gasteiger partial charge in [0, 0.05) is 28.6 Å². The molecule has 9 heteroatoms. The summed E-state index contributed by atoms with van der Waals surface area (Å²) in [6.45, 7) is 6.04. The summed E-state index contributed by atoms with van der Waals surface area (Å²) < 4.78 is 5.45. The van der Waals surface area contributed by atoms with Gasteiger partial charge in [0.1, 0.15) is 5.75 Å².